The number of thioether (sulfide) groups is 1. The van der Waals surface area contributed by atoms with Gasteiger partial charge in [0.05, 0.1) is 15.2 Å². The summed E-state index contributed by atoms with van der Waals surface area (Å²) in [5, 5.41) is 5.31. The van der Waals surface area contributed by atoms with E-state index in [1.807, 2.05) is 30.0 Å². The second-order valence-electron chi connectivity index (χ2n) is 5.05. The van der Waals surface area contributed by atoms with Crippen LogP contribution < -0.4 is 5.32 Å². The summed E-state index contributed by atoms with van der Waals surface area (Å²) in [6.07, 6.45) is 7.56. The van der Waals surface area contributed by atoms with Crippen molar-refractivity contribution in [2.24, 2.45) is 0 Å². The summed E-state index contributed by atoms with van der Waals surface area (Å²) < 4.78 is 1.48. The topological polar surface area (TPSA) is 24.9 Å². The Morgan fingerprint density at radius 1 is 1.42 bits per heavy atom. The number of nitrogens with one attached hydrogen (secondary N) is 1. The van der Waals surface area contributed by atoms with Crippen molar-refractivity contribution in [2.75, 3.05) is 18.1 Å². The van der Waals surface area contributed by atoms with Gasteiger partial charge in [-0.25, -0.2) is 4.98 Å². The lowest BCUT2D eigenvalue weighted by Gasteiger charge is -2.26. The van der Waals surface area contributed by atoms with Crippen LogP contribution in [-0.4, -0.2) is 22.5 Å². The van der Waals surface area contributed by atoms with Crippen LogP contribution in [0.15, 0.2) is 18.2 Å². The Kier molecular flexibility index (Phi) is 3.92. The van der Waals surface area contributed by atoms with Crippen molar-refractivity contribution in [2.45, 2.75) is 30.4 Å². The summed E-state index contributed by atoms with van der Waals surface area (Å²) in [6, 6.07) is 5.89. The number of hydrogen-bond acceptors (Lipinski definition) is 4. The van der Waals surface area contributed by atoms with Gasteiger partial charge in [0.25, 0.3) is 0 Å². The zero-order chi connectivity index (χ0) is 13.3. The molecule has 0 radical (unpaired) electrons. The average molecular weight is 313 g/mol. The molecule has 0 unspecified atom stereocenters. The van der Waals surface area contributed by atoms with Gasteiger partial charge in [0.15, 0.2) is 5.13 Å². The summed E-state index contributed by atoms with van der Waals surface area (Å²) >= 11 is 9.84. The number of nitrogens with zero attached hydrogens (tertiary/aromatic N) is 1. The third-order valence-corrected chi connectivity index (χ3v) is 6.78. The summed E-state index contributed by atoms with van der Waals surface area (Å²) in [4.78, 5) is 4.61. The molecular weight excluding hydrogens is 296 g/mol. The summed E-state index contributed by atoms with van der Waals surface area (Å²) in [6.45, 7) is 1.01. The molecule has 0 saturated heterocycles. The van der Waals surface area contributed by atoms with Gasteiger partial charge in [-0.3, -0.25) is 0 Å². The van der Waals surface area contributed by atoms with Crippen molar-refractivity contribution in [3.05, 3.63) is 23.2 Å². The van der Waals surface area contributed by atoms with Crippen molar-refractivity contribution in [3.8, 4) is 0 Å². The van der Waals surface area contributed by atoms with Crippen molar-refractivity contribution >= 4 is 50.0 Å². The maximum atomic E-state index is 6.19. The molecule has 1 fully saturated rings. The molecule has 1 aliphatic rings. The van der Waals surface area contributed by atoms with Gasteiger partial charge in [0, 0.05) is 11.3 Å². The van der Waals surface area contributed by atoms with Crippen LogP contribution in [0.3, 0.4) is 0 Å². The van der Waals surface area contributed by atoms with Gasteiger partial charge < -0.3 is 5.32 Å². The fourth-order valence-corrected chi connectivity index (χ4v) is 4.76. The number of rotatable bonds is 4. The minimum absolute atomic E-state index is 0.404. The number of aromatic nitrogens is 1. The summed E-state index contributed by atoms with van der Waals surface area (Å²) in [5.74, 6) is 0. The summed E-state index contributed by atoms with van der Waals surface area (Å²) in [7, 11) is 0. The Labute approximate surface area is 126 Å². The number of benzene rings is 1. The minimum Gasteiger partial charge on any atom is -0.360 e. The van der Waals surface area contributed by atoms with Crippen LogP contribution in [0, 0.1) is 0 Å². The predicted octanol–water partition coefficient (Wildman–Crippen LogP) is 5.04. The SMILES string of the molecule is CSC1(CNc2nc3cccc(Cl)c3s2)CCCC1. The van der Waals surface area contributed by atoms with E-state index >= 15 is 0 Å². The molecule has 19 heavy (non-hydrogen) atoms. The fraction of sp³-hybridized carbons (Fsp3) is 0.500. The van der Waals surface area contributed by atoms with E-state index in [1.165, 1.54) is 25.7 Å². The number of hydrogen-bond donors (Lipinski definition) is 1. The highest BCUT2D eigenvalue weighted by molar-refractivity contribution is 8.00. The normalized spacial score (nSPS) is 18.0. The molecule has 5 heteroatoms. The maximum Gasteiger partial charge on any atom is 0.183 e. The zero-order valence-electron chi connectivity index (χ0n) is 10.9. The van der Waals surface area contributed by atoms with E-state index in [0.29, 0.717) is 4.75 Å². The molecule has 2 nitrogen and oxygen atoms in total. The van der Waals surface area contributed by atoms with Gasteiger partial charge in [-0.05, 0) is 31.2 Å². The molecule has 1 heterocycles. The smallest absolute Gasteiger partial charge is 0.183 e. The van der Waals surface area contributed by atoms with Crippen molar-refractivity contribution in [1.29, 1.82) is 0 Å². The average Bonchev–Trinajstić information content (AvgIpc) is 3.04. The standard InChI is InChI=1S/C14H17ClN2S2/c1-18-14(7-2-3-8-14)9-16-13-17-11-6-4-5-10(15)12(11)19-13/h4-6H,2-3,7-9H2,1H3,(H,16,17). The maximum absolute atomic E-state index is 6.19. The number of fused-ring (bicyclic) bond motifs is 1. The molecule has 0 bridgehead atoms. The molecule has 0 amide bonds. The lowest BCUT2D eigenvalue weighted by molar-refractivity contribution is 0.640. The van der Waals surface area contributed by atoms with Gasteiger partial charge >= 0.3 is 0 Å². The third-order valence-electron chi connectivity index (χ3n) is 3.88. The monoisotopic (exact) mass is 312 g/mol. The molecular formula is C14H17ClN2S2. The highest BCUT2D eigenvalue weighted by atomic mass is 35.5. The Bertz CT molecular complexity index is 576. The van der Waals surface area contributed by atoms with E-state index < -0.39 is 0 Å². The summed E-state index contributed by atoms with van der Waals surface area (Å²) in [5.41, 5.74) is 0.990. The first-order valence-corrected chi connectivity index (χ1v) is 8.98. The first kappa shape index (κ1) is 13.5. The number of halogens is 1. The molecule has 0 spiro atoms. The van der Waals surface area contributed by atoms with Gasteiger partial charge in [0.1, 0.15) is 0 Å². The molecule has 1 aliphatic carbocycles. The lowest BCUT2D eigenvalue weighted by Crippen LogP contribution is -2.29. The first-order valence-electron chi connectivity index (χ1n) is 6.57. The molecule has 0 aliphatic heterocycles. The van der Waals surface area contributed by atoms with Crippen LogP contribution in [0.4, 0.5) is 5.13 Å². The highest BCUT2D eigenvalue weighted by Crippen LogP contribution is 2.41. The quantitative estimate of drug-likeness (QED) is 0.856. The predicted molar refractivity (Wildman–Crippen MR) is 87.8 cm³/mol. The van der Waals surface area contributed by atoms with Crippen molar-refractivity contribution in [1.82, 2.24) is 4.98 Å². The van der Waals surface area contributed by atoms with Crippen molar-refractivity contribution < 1.29 is 0 Å². The van der Waals surface area contributed by atoms with Gasteiger partial charge in [-0.15, -0.1) is 0 Å². The Morgan fingerprint density at radius 2 is 2.21 bits per heavy atom. The third kappa shape index (κ3) is 2.71. The number of thiazole rings is 1. The fourth-order valence-electron chi connectivity index (χ4n) is 2.70. The van der Waals surface area contributed by atoms with E-state index in [1.54, 1.807) is 11.3 Å². The van der Waals surface area contributed by atoms with E-state index in [-0.39, 0.29) is 0 Å². The second-order valence-corrected chi connectivity index (χ2v) is 7.74. The molecule has 1 N–H and O–H groups in total. The molecule has 1 saturated carbocycles. The van der Waals surface area contributed by atoms with Crippen LogP contribution in [0.25, 0.3) is 10.2 Å². The van der Waals surface area contributed by atoms with Crippen LogP contribution in [0.1, 0.15) is 25.7 Å². The molecule has 3 rings (SSSR count). The Balaban J connectivity index is 1.76. The highest BCUT2D eigenvalue weighted by Gasteiger charge is 2.32. The molecule has 1 aromatic carbocycles. The molecule has 102 valence electrons. The van der Waals surface area contributed by atoms with Crippen LogP contribution >= 0.6 is 34.7 Å². The van der Waals surface area contributed by atoms with Crippen LogP contribution in [-0.2, 0) is 0 Å². The Hall–Kier alpha value is -0.450. The second kappa shape index (κ2) is 5.51. The first-order chi connectivity index (χ1) is 9.22. The lowest BCUT2D eigenvalue weighted by atomic mass is 10.1. The van der Waals surface area contributed by atoms with E-state index in [4.69, 9.17) is 11.6 Å². The minimum atomic E-state index is 0.404. The van der Waals surface area contributed by atoms with E-state index in [2.05, 4.69) is 16.6 Å². The zero-order valence-corrected chi connectivity index (χ0v) is 13.3. The van der Waals surface area contributed by atoms with E-state index in [0.717, 1.165) is 26.9 Å². The molecule has 1 aromatic heterocycles. The van der Waals surface area contributed by atoms with Crippen molar-refractivity contribution in [3.63, 3.8) is 0 Å². The van der Waals surface area contributed by atoms with Crippen LogP contribution in [0.5, 0.6) is 0 Å². The molecule has 2 aromatic rings. The van der Waals surface area contributed by atoms with Gasteiger partial charge in [0.2, 0.25) is 0 Å². The van der Waals surface area contributed by atoms with Crippen LogP contribution in [0.2, 0.25) is 5.02 Å². The Morgan fingerprint density at radius 3 is 2.89 bits per heavy atom. The number of anilines is 1. The molecule has 0 atom stereocenters. The van der Waals surface area contributed by atoms with E-state index in [9.17, 15) is 0 Å². The largest absolute Gasteiger partial charge is 0.360 e. The van der Waals surface area contributed by atoms with Gasteiger partial charge in [-0.2, -0.15) is 11.8 Å². The van der Waals surface area contributed by atoms with Gasteiger partial charge in [-0.1, -0.05) is 41.8 Å².